The normalized spacial score (nSPS) is 20.4. The minimum absolute atomic E-state index is 0.0182. The fourth-order valence-electron chi connectivity index (χ4n) is 3.48. The Labute approximate surface area is 152 Å². The van der Waals surface area contributed by atoms with Gasteiger partial charge in [0.25, 0.3) is 11.8 Å². The lowest BCUT2D eigenvalue weighted by atomic mass is 9.91. The topological polar surface area (TPSA) is 62.3 Å². The summed E-state index contributed by atoms with van der Waals surface area (Å²) in [7, 11) is 0. The number of nitrogens with zero attached hydrogens (tertiary/aromatic N) is 2. The molecule has 2 amide bonds. The number of aromatic nitrogens is 1. The Morgan fingerprint density at radius 1 is 1.20 bits per heavy atom. The summed E-state index contributed by atoms with van der Waals surface area (Å²) < 4.78 is 0. The van der Waals surface area contributed by atoms with Crippen LogP contribution in [0.4, 0.5) is 5.69 Å². The van der Waals surface area contributed by atoms with E-state index in [0.717, 1.165) is 19.5 Å². The third-order valence-corrected chi connectivity index (χ3v) is 5.44. The Morgan fingerprint density at radius 3 is 2.52 bits per heavy atom. The van der Waals surface area contributed by atoms with Gasteiger partial charge in [0.1, 0.15) is 4.88 Å². The summed E-state index contributed by atoms with van der Waals surface area (Å²) >= 11 is 1.30. The third-order valence-electron chi connectivity index (χ3n) is 4.51. The number of rotatable bonds is 3. The van der Waals surface area contributed by atoms with Crippen molar-refractivity contribution in [1.29, 1.82) is 0 Å². The van der Waals surface area contributed by atoms with E-state index < -0.39 is 0 Å². The minimum atomic E-state index is -0.222. The highest BCUT2D eigenvalue weighted by Gasteiger charge is 2.27. The van der Waals surface area contributed by atoms with Crippen LogP contribution in [0.1, 0.15) is 46.0 Å². The zero-order valence-electron chi connectivity index (χ0n) is 14.8. The lowest BCUT2D eigenvalue weighted by molar-refractivity contribution is 0.0624. The molecule has 1 aromatic heterocycles. The lowest BCUT2D eigenvalue weighted by Gasteiger charge is -2.35. The molecule has 0 spiro atoms. The van der Waals surface area contributed by atoms with Gasteiger partial charge in [0.2, 0.25) is 0 Å². The van der Waals surface area contributed by atoms with E-state index in [0.29, 0.717) is 33.7 Å². The number of para-hydroxylation sites is 1. The molecule has 2 heterocycles. The number of hydrogen-bond acceptors (Lipinski definition) is 4. The van der Waals surface area contributed by atoms with Crippen molar-refractivity contribution in [2.75, 3.05) is 18.4 Å². The van der Waals surface area contributed by atoms with Crippen LogP contribution in [0.5, 0.6) is 0 Å². The number of carbonyl (C=O) groups excluding carboxylic acids is 2. The maximum absolute atomic E-state index is 13.0. The molecule has 1 aliphatic heterocycles. The Hall–Kier alpha value is -2.21. The first-order chi connectivity index (χ1) is 12.0. The first-order valence-electron chi connectivity index (χ1n) is 8.55. The summed E-state index contributed by atoms with van der Waals surface area (Å²) in [5.41, 5.74) is 3.44. The maximum atomic E-state index is 13.0. The van der Waals surface area contributed by atoms with Gasteiger partial charge >= 0.3 is 0 Å². The maximum Gasteiger partial charge on any atom is 0.267 e. The number of amides is 2. The van der Waals surface area contributed by atoms with E-state index in [1.165, 1.54) is 11.3 Å². The highest BCUT2D eigenvalue weighted by atomic mass is 32.1. The number of anilines is 1. The van der Waals surface area contributed by atoms with Gasteiger partial charge in [-0.3, -0.25) is 9.59 Å². The van der Waals surface area contributed by atoms with Crippen LogP contribution in [-0.2, 0) is 0 Å². The molecular weight excluding hydrogens is 334 g/mol. The van der Waals surface area contributed by atoms with Crippen molar-refractivity contribution >= 4 is 28.8 Å². The van der Waals surface area contributed by atoms with Gasteiger partial charge in [-0.05, 0) is 37.3 Å². The van der Waals surface area contributed by atoms with E-state index in [2.05, 4.69) is 24.1 Å². The second kappa shape index (κ2) is 7.35. The molecule has 132 valence electrons. The summed E-state index contributed by atoms with van der Waals surface area (Å²) in [5, 5.41) is 2.88. The molecule has 2 aromatic rings. The number of thiazole rings is 1. The quantitative estimate of drug-likeness (QED) is 0.908. The van der Waals surface area contributed by atoms with E-state index >= 15 is 0 Å². The van der Waals surface area contributed by atoms with Crippen molar-refractivity contribution in [2.45, 2.75) is 27.2 Å². The highest BCUT2D eigenvalue weighted by Crippen LogP contribution is 2.25. The van der Waals surface area contributed by atoms with Crippen LogP contribution in [0, 0.1) is 18.8 Å². The van der Waals surface area contributed by atoms with Crippen LogP contribution in [-0.4, -0.2) is 34.8 Å². The molecule has 6 heteroatoms. The molecule has 0 bridgehead atoms. The Kier molecular flexibility index (Phi) is 5.18. The Bertz CT molecular complexity index is 776. The first-order valence-corrected chi connectivity index (χ1v) is 9.43. The van der Waals surface area contributed by atoms with Crippen molar-refractivity contribution in [3.63, 3.8) is 0 Å². The summed E-state index contributed by atoms with van der Waals surface area (Å²) in [5.74, 6) is 0.750. The van der Waals surface area contributed by atoms with Crippen molar-refractivity contribution in [1.82, 2.24) is 9.88 Å². The zero-order valence-corrected chi connectivity index (χ0v) is 15.6. The second-order valence-corrected chi connectivity index (χ2v) is 7.78. The number of likely N-dealkylation sites (tertiary alicyclic amines) is 1. The van der Waals surface area contributed by atoms with Gasteiger partial charge in [0, 0.05) is 13.1 Å². The average molecular weight is 357 g/mol. The summed E-state index contributed by atoms with van der Waals surface area (Å²) in [6.45, 7) is 7.68. The molecule has 0 aliphatic carbocycles. The van der Waals surface area contributed by atoms with E-state index in [4.69, 9.17) is 0 Å². The van der Waals surface area contributed by atoms with Crippen LogP contribution >= 0.6 is 11.3 Å². The molecule has 3 rings (SSSR count). The van der Waals surface area contributed by atoms with E-state index in [1.807, 2.05) is 17.0 Å². The fraction of sp³-hybridized carbons (Fsp3) is 0.421. The Balaban J connectivity index is 1.82. The van der Waals surface area contributed by atoms with Gasteiger partial charge in [-0.15, -0.1) is 11.3 Å². The lowest BCUT2D eigenvalue weighted by Crippen LogP contribution is -2.42. The summed E-state index contributed by atoms with van der Waals surface area (Å²) in [6.07, 6.45) is 1.15. The molecule has 2 unspecified atom stereocenters. The van der Waals surface area contributed by atoms with Crippen LogP contribution in [0.25, 0.3) is 0 Å². The Morgan fingerprint density at radius 2 is 1.88 bits per heavy atom. The van der Waals surface area contributed by atoms with Crippen molar-refractivity contribution in [2.24, 2.45) is 11.8 Å². The predicted molar refractivity (Wildman–Crippen MR) is 100 cm³/mol. The molecule has 0 saturated carbocycles. The van der Waals surface area contributed by atoms with Crippen molar-refractivity contribution in [3.05, 3.63) is 45.9 Å². The first kappa shape index (κ1) is 17.6. The van der Waals surface area contributed by atoms with E-state index in [9.17, 15) is 9.59 Å². The van der Waals surface area contributed by atoms with Crippen LogP contribution in [0.3, 0.4) is 0 Å². The molecule has 1 saturated heterocycles. The molecule has 0 radical (unpaired) electrons. The third kappa shape index (κ3) is 3.90. The van der Waals surface area contributed by atoms with Gasteiger partial charge in [-0.2, -0.15) is 0 Å². The number of carbonyl (C=O) groups is 2. The molecule has 2 atom stereocenters. The number of piperidine rings is 1. The average Bonchev–Trinajstić information content (AvgIpc) is 3.00. The van der Waals surface area contributed by atoms with Crippen LogP contribution in [0.2, 0.25) is 0 Å². The fourth-order valence-corrected chi connectivity index (χ4v) is 4.17. The molecule has 1 aliphatic rings. The van der Waals surface area contributed by atoms with Gasteiger partial charge in [0.05, 0.1) is 22.5 Å². The zero-order chi connectivity index (χ0) is 18.0. The van der Waals surface area contributed by atoms with Crippen LogP contribution < -0.4 is 5.32 Å². The second-order valence-electron chi connectivity index (χ2n) is 6.92. The molecular formula is C19H23N3O2S. The largest absolute Gasteiger partial charge is 0.338 e. The monoisotopic (exact) mass is 357 g/mol. The van der Waals surface area contributed by atoms with Crippen molar-refractivity contribution < 1.29 is 9.59 Å². The molecule has 5 nitrogen and oxygen atoms in total. The van der Waals surface area contributed by atoms with Gasteiger partial charge in [-0.1, -0.05) is 26.0 Å². The molecule has 25 heavy (non-hydrogen) atoms. The number of nitrogens with one attached hydrogen (secondary N) is 1. The molecule has 1 N–H and O–H groups in total. The van der Waals surface area contributed by atoms with E-state index in [1.54, 1.807) is 24.6 Å². The number of aryl methyl sites for hydroxylation is 1. The number of benzene rings is 1. The molecule has 1 fully saturated rings. The summed E-state index contributed by atoms with van der Waals surface area (Å²) in [6, 6.07) is 7.21. The van der Waals surface area contributed by atoms with E-state index in [-0.39, 0.29) is 11.8 Å². The van der Waals surface area contributed by atoms with Gasteiger partial charge < -0.3 is 10.2 Å². The molecule has 1 aromatic carbocycles. The SMILES string of the molecule is Cc1ncsc1C(=O)Nc1ccccc1C(=O)N1CC(C)CC(C)C1. The summed E-state index contributed by atoms with van der Waals surface area (Å²) in [4.78, 5) is 32.1. The number of hydrogen-bond donors (Lipinski definition) is 1. The van der Waals surface area contributed by atoms with Gasteiger partial charge in [-0.25, -0.2) is 4.98 Å². The van der Waals surface area contributed by atoms with Crippen molar-refractivity contribution in [3.8, 4) is 0 Å². The van der Waals surface area contributed by atoms with Crippen LogP contribution in [0.15, 0.2) is 29.8 Å². The van der Waals surface area contributed by atoms with Gasteiger partial charge in [0.15, 0.2) is 0 Å². The predicted octanol–water partition coefficient (Wildman–Crippen LogP) is 3.82. The highest BCUT2D eigenvalue weighted by molar-refractivity contribution is 7.12. The minimum Gasteiger partial charge on any atom is -0.338 e. The standard InChI is InChI=1S/C19H23N3O2S/c1-12-8-13(2)10-22(9-12)19(24)15-6-4-5-7-16(15)21-18(23)17-14(3)20-11-25-17/h4-7,11-13H,8-10H2,1-3H3,(H,21,23). The smallest absolute Gasteiger partial charge is 0.267 e.